The number of nitrogens with two attached hydrogens (primary N) is 1. The van der Waals surface area contributed by atoms with Crippen molar-refractivity contribution in [1.29, 1.82) is 0 Å². The molecule has 0 bridgehead atoms. The fourth-order valence-corrected chi connectivity index (χ4v) is 5.23. The second-order valence-corrected chi connectivity index (χ2v) is 9.81. The van der Waals surface area contributed by atoms with Gasteiger partial charge in [0.05, 0.1) is 5.39 Å². The van der Waals surface area contributed by atoms with E-state index in [1.54, 1.807) is 4.57 Å². The number of anilines is 3. The van der Waals surface area contributed by atoms with Crippen molar-refractivity contribution in [3.63, 3.8) is 0 Å². The highest BCUT2D eigenvalue weighted by Crippen LogP contribution is 2.27. The second kappa shape index (κ2) is 9.33. The van der Waals surface area contributed by atoms with Gasteiger partial charge in [0, 0.05) is 55.6 Å². The molecule has 37 heavy (non-hydrogen) atoms. The number of rotatable bonds is 5. The number of hydrogen-bond acceptors (Lipinski definition) is 7. The Labute approximate surface area is 214 Å². The normalized spacial score (nSPS) is 15.6. The molecule has 0 radical (unpaired) electrons. The number of pyridine rings is 1. The lowest BCUT2D eigenvalue weighted by Gasteiger charge is -2.34. The topological polar surface area (TPSA) is 109 Å². The van der Waals surface area contributed by atoms with Gasteiger partial charge in [-0.1, -0.05) is 12.1 Å². The van der Waals surface area contributed by atoms with E-state index in [1.165, 1.54) is 23.5 Å². The quantitative estimate of drug-likeness (QED) is 0.438. The molecule has 6 rings (SSSR count). The molecule has 0 saturated carbocycles. The van der Waals surface area contributed by atoms with Gasteiger partial charge in [0.2, 0.25) is 11.4 Å². The highest BCUT2D eigenvalue weighted by molar-refractivity contribution is 5.96. The van der Waals surface area contributed by atoms with Gasteiger partial charge in [-0.25, -0.2) is 4.98 Å². The van der Waals surface area contributed by atoms with E-state index in [4.69, 9.17) is 10.7 Å². The first-order valence-corrected chi connectivity index (χ1v) is 12.6. The van der Waals surface area contributed by atoms with Crippen LogP contribution < -0.4 is 21.4 Å². The van der Waals surface area contributed by atoms with E-state index in [-0.39, 0.29) is 10.9 Å². The number of piperazine rings is 1. The molecule has 2 aromatic heterocycles. The smallest absolute Gasteiger partial charge is 0.254 e. The van der Waals surface area contributed by atoms with Gasteiger partial charge in [0.15, 0.2) is 5.65 Å². The van der Waals surface area contributed by atoms with E-state index in [2.05, 4.69) is 51.4 Å². The molecule has 1 aliphatic heterocycles. The van der Waals surface area contributed by atoms with Gasteiger partial charge in [0.25, 0.3) is 5.91 Å². The maximum atomic E-state index is 13.0. The number of nitrogens with zero attached hydrogens (tertiary/aromatic N) is 5. The summed E-state index contributed by atoms with van der Waals surface area (Å²) >= 11 is 0. The lowest BCUT2D eigenvalue weighted by atomic mass is 10.1. The maximum Gasteiger partial charge on any atom is 0.254 e. The third-order valence-electron chi connectivity index (χ3n) is 7.34. The molecule has 0 atom stereocenters. The summed E-state index contributed by atoms with van der Waals surface area (Å²) in [5.41, 5.74) is 10.8. The van der Waals surface area contributed by atoms with Crippen LogP contribution in [-0.4, -0.2) is 58.6 Å². The van der Waals surface area contributed by atoms with Crippen molar-refractivity contribution < 1.29 is 4.79 Å². The second-order valence-electron chi connectivity index (χ2n) is 9.81. The van der Waals surface area contributed by atoms with Gasteiger partial charge in [-0.2, -0.15) is 4.98 Å². The van der Waals surface area contributed by atoms with Gasteiger partial charge in [-0.3, -0.25) is 9.59 Å². The summed E-state index contributed by atoms with van der Waals surface area (Å²) in [6.07, 6.45) is 6.16. The molecule has 0 spiro atoms. The summed E-state index contributed by atoms with van der Waals surface area (Å²) in [7, 11) is 2.14. The number of hydrogen-bond donors (Lipinski definition) is 2. The summed E-state index contributed by atoms with van der Waals surface area (Å²) in [5, 5.41) is 3.54. The molecule has 0 unspecified atom stereocenters. The van der Waals surface area contributed by atoms with Crippen LogP contribution in [0, 0.1) is 0 Å². The number of nitrogens with one attached hydrogen (secondary N) is 1. The minimum atomic E-state index is -0.773. The van der Waals surface area contributed by atoms with E-state index in [1.807, 2.05) is 18.2 Å². The first kappa shape index (κ1) is 23.2. The third kappa shape index (κ3) is 4.42. The predicted molar refractivity (Wildman–Crippen MR) is 145 cm³/mol. The summed E-state index contributed by atoms with van der Waals surface area (Å²) < 4.78 is 1.77. The third-order valence-corrected chi connectivity index (χ3v) is 7.34. The number of benzene rings is 2. The molecule has 2 aromatic carbocycles. The van der Waals surface area contributed by atoms with Crippen LogP contribution in [0.3, 0.4) is 0 Å². The number of aromatic nitrogens is 3. The molecule has 3 heterocycles. The number of carbonyl (C=O) groups is 1. The molecule has 188 valence electrons. The Hall–Kier alpha value is -4.24. The molecule has 9 nitrogen and oxygen atoms in total. The fourth-order valence-electron chi connectivity index (χ4n) is 5.23. The van der Waals surface area contributed by atoms with Crippen LogP contribution in [0.25, 0.3) is 16.7 Å². The van der Waals surface area contributed by atoms with Crippen LogP contribution in [0.5, 0.6) is 0 Å². The van der Waals surface area contributed by atoms with Crippen molar-refractivity contribution in [2.24, 2.45) is 5.73 Å². The zero-order chi connectivity index (χ0) is 25.5. The van der Waals surface area contributed by atoms with E-state index < -0.39 is 11.3 Å². The standard InChI is InChI=1S/C28H29N7O2/c1-33-10-12-34(13-11-33)21-7-3-6-20(15-21)31-28-30-16-23-25(36)24(26(29)37)17-35(27(23)32-28)22-9-8-18-4-2-5-19(18)14-22/h3,6-9,14-17H,2,4-5,10-13H2,1H3,(H2,29,37)(H,30,31,32). The number of primary amides is 1. The number of amides is 1. The summed E-state index contributed by atoms with van der Waals surface area (Å²) in [6, 6.07) is 14.4. The van der Waals surface area contributed by atoms with Gasteiger partial charge in [0.1, 0.15) is 5.56 Å². The Morgan fingerprint density at radius 3 is 2.62 bits per heavy atom. The molecule has 1 saturated heterocycles. The zero-order valence-corrected chi connectivity index (χ0v) is 20.8. The van der Waals surface area contributed by atoms with Crippen LogP contribution in [-0.2, 0) is 12.8 Å². The number of fused-ring (bicyclic) bond motifs is 2. The summed E-state index contributed by atoms with van der Waals surface area (Å²) in [6.45, 7) is 4.00. The maximum absolute atomic E-state index is 13.0. The van der Waals surface area contributed by atoms with E-state index in [0.29, 0.717) is 11.6 Å². The SMILES string of the molecule is CN1CCN(c2cccc(Nc3ncc4c(=O)c(C(N)=O)cn(-c5ccc6c(c5)CCC6)c4n3)c2)CC1. The van der Waals surface area contributed by atoms with Crippen molar-refractivity contribution >= 4 is 34.3 Å². The molecule has 1 amide bonds. The monoisotopic (exact) mass is 495 g/mol. The van der Waals surface area contributed by atoms with Crippen LogP contribution in [0.1, 0.15) is 27.9 Å². The van der Waals surface area contributed by atoms with E-state index in [9.17, 15) is 9.59 Å². The van der Waals surface area contributed by atoms with E-state index >= 15 is 0 Å². The van der Waals surface area contributed by atoms with Gasteiger partial charge >= 0.3 is 0 Å². The fraction of sp³-hybridized carbons (Fsp3) is 0.286. The Kier molecular flexibility index (Phi) is 5.84. The van der Waals surface area contributed by atoms with Crippen molar-refractivity contribution in [3.8, 4) is 5.69 Å². The van der Waals surface area contributed by atoms with Crippen LogP contribution in [0.15, 0.2) is 59.7 Å². The molecule has 2 aliphatic rings. The highest BCUT2D eigenvalue weighted by atomic mass is 16.2. The molecule has 1 aliphatic carbocycles. The van der Waals surface area contributed by atoms with Crippen molar-refractivity contribution in [3.05, 3.63) is 81.8 Å². The predicted octanol–water partition coefficient (Wildman–Crippen LogP) is 2.86. The average Bonchev–Trinajstić information content (AvgIpc) is 3.37. The first-order chi connectivity index (χ1) is 18.0. The minimum absolute atomic E-state index is 0.0859. The lowest BCUT2D eigenvalue weighted by Crippen LogP contribution is -2.44. The Morgan fingerprint density at radius 1 is 1.00 bits per heavy atom. The molecule has 9 heteroatoms. The molecule has 4 aromatic rings. The number of aryl methyl sites for hydroxylation is 2. The number of likely N-dealkylation sites (N-methyl/N-ethyl adjacent to an activating group) is 1. The van der Waals surface area contributed by atoms with Gasteiger partial charge in [-0.05, 0) is 67.8 Å². The molecule has 3 N–H and O–H groups in total. The first-order valence-electron chi connectivity index (χ1n) is 12.6. The zero-order valence-electron chi connectivity index (χ0n) is 20.8. The lowest BCUT2D eigenvalue weighted by molar-refractivity contribution is 0.0999. The Balaban J connectivity index is 1.40. The van der Waals surface area contributed by atoms with Crippen LogP contribution in [0.2, 0.25) is 0 Å². The van der Waals surface area contributed by atoms with Crippen LogP contribution in [0.4, 0.5) is 17.3 Å². The van der Waals surface area contributed by atoms with Crippen LogP contribution >= 0.6 is 0 Å². The van der Waals surface area contributed by atoms with Gasteiger partial charge < -0.3 is 25.4 Å². The largest absolute Gasteiger partial charge is 0.369 e. The molecular formula is C28H29N7O2. The molecular weight excluding hydrogens is 466 g/mol. The van der Waals surface area contributed by atoms with Crippen molar-refractivity contribution in [2.45, 2.75) is 19.3 Å². The number of carbonyl (C=O) groups excluding carboxylic acids is 1. The van der Waals surface area contributed by atoms with Crippen molar-refractivity contribution in [2.75, 3.05) is 43.4 Å². The summed E-state index contributed by atoms with van der Waals surface area (Å²) in [4.78, 5) is 38.9. The Morgan fingerprint density at radius 2 is 1.81 bits per heavy atom. The average molecular weight is 496 g/mol. The highest BCUT2D eigenvalue weighted by Gasteiger charge is 2.19. The van der Waals surface area contributed by atoms with Gasteiger partial charge in [-0.15, -0.1) is 0 Å². The Bertz CT molecular complexity index is 1570. The van der Waals surface area contributed by atoms with Crippen molar-refractivity contribution in [1.82, 2.24) is 19.4 Å². The minimum Gasteiger partial charge on any atom is -0.369 e. The summed E-state index contributed by atoms with van der Waals surface area (Å²) in [5.74, 6) is -0.408. The molecule has 1 fully saturated rings. The van der Waals surface area contributed by atoms with E-state index in [0.717, 1.165) is 62.5 Å².